The van der Waals surface area contributed by atoms with Crippen molar-refractivity contribution in [2.24, 2.45) is 0 Å². The molecule has 4 heteroatoms. The van der Waals surface area contributed by atoms with Crippen LogP contribution >= 0.6 is 0 Å². The fraction of sp³-hybridized carbons (Fsp3) is 0.125. The minimum Gasteiger partial charge on any atom is -0.366 e. The second-order valence-electron chi connectivity index (χ2n) is 4.62. The van der Waals surface area contributed by atoms with E-state index in [9.17, 15) is 0 Å². The van der Waals surface area contributed by atoms with E-state index in [2.05, 4.69) is 27.4 Å². The van der Waals surface area contributed by atoms with Crippen molar-refractivity contribution >= 4 is 5.82 Å². The van der Waals surface area contributed by atoms with Gasteiger partial charge in [0.25, 0.3) is 0 Å². The summed E-state index contributed by atoms with van der Waals surface area (Å²) in [5.74, 6) is 1.52. The van der Waals surface area contributed by atoms with Gasteiger partial charge in [-0.25, -0.2) is 4.98 Å². The van der Waals surface area contributed by atoms with E-state index in [1.165, 1.54) is 5.56 Å². The first-order valence-corrected chi connectivity index (χ1v) is 6.58. The van der Waals surface area contributed by atoms with E-state index in [1.54, 1.807) is 0 Å². The molecule has 2 aromatic heterocycles. The summed E-state index contributed by atoms with van der Waals surface area (Å²) in [7, 11) is 0. The first-order valence-electron chi connectivity index (χ1n) is 6.58. The number of hydrogen-bond donors (Lipinski definition) is 1. The zero-order valence-electron chi connectivity index (χ0n) is 11.3. The molecule has 0 spiro atoms. The van der Waals surface area contributed by atoms with Crippen molar-refractivity contribution in [1.29, 1.82) is 0 Å². The summed E-state index contributed by atoms with van der Waals surface area (Å²) in [6, 6.07) is 16.1. The van der Waals surface area contributed by atoms with Crippen LogP contribution in [0.3, 0.4) is 0 Å². The van der Waals surface area contributed by atoms with Gasteiger partial charge < -0.3 is 5.32 Å². The van der Waals surface area contributed by atoms with Crippen LogP contribution in [0.5, 0.6) is 0 Å². The van der Waals surface area contributed by atoms with E-state index in [0.717, 1.165) is 18.1 Å². The third-order valence-electron chi connectivity index (χ3n) is 2.99. The second-order valence-corrected chi connectivity index (χ2v) is 4.62. The van der Waals surface area contributed by atoms with Gasteiger partial charge in [0.2, 0.25) is 5.95 Å². The molecule has 0 aliphatic heterocycles. The zero-order valence-corrected chi connectivity index (χ0v) is 11.3. The summed E-state index contributed by atoms with van der Waals surface area (Å²) in [4.78, 5) is 8.98. The molecule has 0 amide bonds. The molecule has 0 saturated carbocycles. The lowest BCUT2D eigenvalue weighted by atomic mass is 10.2. The summed E-state index contributed by atoms with van der Waals surface area (Å²) >= 11 is 0. The van der Waals surface area contributed by atoms with Crippen molar-refractivity contribution in [1.82, 2.24) is 14.5 Å². The molecule has 0 aliphatic rings. The van der Waals surface area contributed by atoms with Gasteiger partial charge in [-0.1, -0.05) is 30.3 Å². The highest BCUT2D eigenvalue weighted by atomic mass is 15.2. The maximum Gasteiger partial charge on any atom is 0.235 e. The van der Waals surface area contributed by atoms with E-state index in [1.807, 2.05) is 60.3 Å². The molecule has 0 fully saturated rings. The van der Waals surface area contributed by atoms with Crippen LogP contribution in [0.15, 0.2) is 60.9 Å². The van der Waals surface area contributed by atoms with Crippen LogP contribution in [0.1, 0.15) is 11.3 Å². The standard InChI is InChI=1S/C16H16N4/c1-13-11-15(17-12-14-7-3-2-4-8-14)19-16(18-13)20-9-5-6-10-20/h2-11H,12H2,1H3,(H,17,18,19). The second kappa shape index (κ2) is 5.57. The van der Waals surface area contributed by atoms with Crippen LogP contribution in [0.2, 0.25) is 0 Å². The number of hydrogen-bond acceptors (Lipinski definition) is 3. The van der Waals surface area contributed by atoms with Crippen molar-refractivity contribution in [2.75, 3.05) is 5.32 Å². The van der Waals surface area contributed by atoms with Crippen LogP contribution in [0.4, 0.5) is 5.82 Å². The number of anilines is 1. The normalized spacial score (nSPS) is 10.4. The Balaban J connectivity index is 1.80. The minimum atomic E-state index is 0.686. The van der Waals surface area contributed by atoms with E-state index < -0.39 is 0 Å². The van der Waals surface area contributed by atoms with E-state index in [-0.39, 0.29) is 0 Å². The Morgan fingerprint density at radius 1 is 1.00 bits per heavy atom. The van der Waals surface area contributed by atoms with Crippen molar-refractivity contribution in [3.63, 3.8) is 0 Å². The Hall–Kier alpha value is -2.62. The molecule has 3 rings (SSSR count). The Morgan fingerprint density at radius 3 is 2.50 bits per heavy atom. The fourth-order valence-corrected chi connectivity index (χ4v) is 2.02. The molecule has 0 radical (unpaired) electrons. The average Bonchev–Trinajstić information content (AvgIpc) is 3.00. The van der Waals surface area contributed by atoms with Crippen molar-refractivity contribution in [3.05, 3.63) is 72.2 Å². The van der Waals surface area contributed by atoms with Gasteiger partial charge in [-0.2, -0.15) is 4.98 Å². The lowest BCUT2D eigenvalue weighted by molar-refractivity contribution is 0.913. The van der Waals surface area contributed by atoms with Gasteiger partial charge in [0.1, 0.15) is 5.82 Å². The highest BCUT2D eigenvalue weighted by Crippen LogP contribution is 2.11. The SMILES string of the molecule is Cc1cc(NCc2ccccc2)nc(-n2cccc2)n1. The molecule has 0 saturated heterocycles. The smallest absolute Gasteiger partial charge is 0.235 e. The van der Waals surface area contributed by atoms with Crippen molar-refractivity contribution in [3.8, 4) is 5.95 Å². The van der Waals surface area contributed by atoms with Gasteiger partial charge in [0.15, 0.2) is 0 Å². The summed E-state index contributed by atoms with van der Waals surface area (Å²) in [5, 5.41) is 3.34. The maximum atomic E-state index is 4.53. The number of nitrogens with zero attached hydrogens (tertiary/aromatic N) is 3. The number of aryl methyl sites for hydroxylation is 1. The summed E-state index contributed by atoms with van der Waals surface area (Å²) in [6.07, 6.45) is 3.88. The minimum absolute atomic E-state index is 0.686. The molecule has 4 nitrogen and oxygen atoms in total. The van der Waals surface area contributed by atoms with E-state index >= 15 is 0 Å². The highest BCUT2D eigenvalue weighted by Gasteiger charge is 2.03. The molecule has 0 unspecified atom stereocenters. The molecule has 1 N–H and O–H groups in total. The molecule has 100 valence electrons. The molecule has 0 atom stereocenters. The number of nitrogens with one attached hydrogen (secondary N) is 1. The summed E-state index contributed by atoms with van der Waals surface area (Å²) in [5.41, 5.74) is 2.17. The fourth-order valence-electron chi connectivity index (χ4n) is 2.02. The van der Waals surface area contributed by atoms with Crippen molar-refractivity contribution in [2.45, 2.75) is 13.5 Å². The highest BCUT2D eigenvalue weighted by molar-refractivity contribution is 5.39. The van der Waals surface area contributed by atoms with Gasteiger partial charge >= 0.3 is 0 Å². The van der Waals surface area contributed by atoms with E-state index in [0.29, 0.717) is 5.95 Å². The lowest BCUT2D eigenvalue weighted by Gasteiger charge is -2.09. The van der Waals surface area contributed by atoms with Gasteiger partial charge in [-0.3, -0.25) is 4.57 Å². The first kappa shape index (κ1) is 12.4. The van der Waals surface area contributed by atoms with Crippen LogP contribution in [0.25, 0.3) is 5.95 Å². The number of aromatic nitrogens is 3. The third-order valence-corrected chi connectivity index (χ3v) is 2.99. The zero-order chi connectivity index (χ0) is 13.8. The summed E-state index contributed by atoms with van der Waals surface area (Å²) in [6.45, 7) is 2.73. The predicted molar refractivity (Wildman–Crippen MR) is 79.9 cm³/mol. The van der Waals surface area contributed by atoms with Crippen molar-refractivity contribution < 1.29 is 0 Å². The molecule has 3 aromatic rings. The topological polar surface area (TPSA) is 42.7 Å². The molecular weight excluding hydrogens is 248 g/mol. The number of rotatable bonds is 4. The maximum absolute atomic E-state index is 4.53. The Morgan fingerprint density at radius 2 is 1.75 bits per heavy atom. The molecule has 1 aromatic carbocycles. The molecule has 2 heterocycles. The van der Waals surface area contributed by atoms with Crippen LogP contribution in [-0.2, 0) is 6.54 Å². The van der Waals surface area contributed by atoms with E-state index in [4.69, 9.17) is 0 Å². The molecule has 0 bridgehead atoms. The molecule has 0 aliphatic carbocycles. The van der Waals surface area contributed by atoms with Crippen LogP contribution in [0, 0.1) is 6.92 Å². The van der Waals surface area contributed by atoms with Crippen LogP contribution < -0.4 is 5.32 Å². The van der Waals surface area contributed by atoms with Gasteiger partial charge in [0.05, 0.1) is 0 Å². The Bertz CT molecular complexity index is 675. The Kier molecular flexibility index (Phi) is 3.46. The summed E-state index contributed by atoms with van der Waals surface area (Å²) < 4.78 is 1.90. The lowest BCUT2D eigenvalue weighted by Crippen LogP contribution is -2.06. The first-order chi connectivity index (χ1) is 9.81. The molecule has 20 heavy (non-hydrogen) atoms. The average molecular weight is 264 g/mol. The number of benzene rings is 1. The quantitative estimate of drug-likeness (QED) is 0.787. The van der Waals surface area contributed by atoms with Gasteiger partial charge in [0, 0.05) is 30.7 Å². The largest absolute Gasteiger partial charge is 0.366 e. The Labute approximate surface area is 118 Å². The third kappa shape index (κ3) is 2.85. The van der Waals surface area contributed by atoms with Gasteiger partial charge in [-0.05, 0) is 24.6 Å². The van der Waals surface area contributed by atoms with Gasteiger partial charge in [-0.15, -0.1) is 0 Å². The monoisotopic (exact) mass is 264 g/mol. The molecular formula is C16H16N4. The predicted octanol–water partition coefficient (Wildman–Crippen LogP) is 3.19. The van der Waals surface area contributed by atoms with Crippen LogP contribution in [-0.4, -0.2) is 14.5 Å².